The number of hydrogen-bond acceptors (Lipinski definition) is 4. The lowest BCUT2D eigenvalue weighted by Crippen LogP contribution is -2.50. The molecule has 0 saturated heterocycles. The number of amides is 1. The van der Waals surface area contributed by atoms with Gasteiger partial charge in [0.15, 0.2) is 0 Å². The molecule has 2 aromatic carbocycles. The van der Waals surface area contributed by atoms with Crippen LogP contribution in [0.1, 0.15) is 11.1 Å². The Morgan fingerprint density at radius 2 is 1.19 bits per heavy atom. The first-order chi connectivity index (χ1) is 10.0. The molecule has 2 rings (SSSR count). The molecule has 2 aromatic rings. The zero-order chi connectivity index (χ0) is 15.5. The van der Waals surface area contributed by atoms with Crippen molar-refractivity contribution in [2.75, 3.05) is 14.2 Å². The van der Waals surface area contributed by atoms with Gasteiger partial charge in [0.2, 0.25) is 5.91 Å². The predicted octanol–water partition coefficient (Wildman–Crippen LogP) is 1.39. The van der Waals surface area contributed by atoms with Crippen molar-refractivity contribution in [3.05, 3.63) is 59.7 Å². The molecule has 4 N–H and O–H groups in total. The van der Waals surface area contributed by atoms with E-state index in [4.69, 9.17) is 20.9 Å². The number of hydrogen-bond donors (Lipinski definition) is 2. The molecule has 0 aliphatic heterocycles. The number of carbonyl (C=O) groups excluding carboxylic acids is 1. The number of ether oxygens (including phenoxy) is 2. The van der Waals surface area contributed by atoms with Gasteiger partial charge in [-0.2, -0.15) is 0 Å². The fraction of sp³-hybridized carbons (Fsp3) is 0.188. The number of benzene rings is 2. The molecule has 5 nitrogen and oxygen atoms in total. The highest BCUT2D eigenvalue weighted by Crippen LogP contribution is 2.29. The molecule has 1 amide bonds. The van der Waals surface area contributed by atoms with E-state index in [1.165, 1.54) is 0 Å². The molecule has 0 aliphatic rings. The summed E-state index contributed by atoms with van der Waals surface area (Å²) in [5.41, 5.74) is 11.7. The van der Waals surface area contributed by atoms with Crippen LogP contribution in [0.15, 0.2) is 48.5 Å². The van der Waals surface area contributed by atoms with Gasteiger partial charge >= 0.3 is 0 Å². The molecule has 0 fully saturated rings. The Balaban J connectivity index is 2.50. The van der Waals surface area contributed by atoms with Crippen molar-refractivity contribution in [2.45, 2.75) is 5.54 Å². The van der Waals surface area contributed by atoms with Crippen molar-refractivity contribution in [3.8, 4) is 11.5 Å². The van der Waals surface area contributed by atoms with Gasteiger partial charge in [-0.25, -0.2) is 0 Å². The molecule has 0 atom stereocenters. The van der Waals surface area contributed by atoms with Crippen molar-refractivity contribution in [2.24, 2.45) is 11.5 Å². The second-order valence-corrected chi connectivity index (χ2v) is 4.63. The molecule has 0 bridgehead atoms. The van der Waals surface area contributed by atoms with Crippen LogP contribution in [-0.4, -0.2) is 20.1 Å². The van der Waals surface area contributed by atoms with E-state index in [9.17, 15) is 4.79 Å². The van der Waals surface area contributed by atoms with Crippen LogP contribution in [-0.2, 0) is 10.3 Å². The highest BCUT2D eigenvalue weighted by molar-refractivity contribution is 5.90. The maximum atomic E-state index is 12.0. The lowest BCUT2D eigenvalue weighted by Gasteiger charge is -2.27. The monoisotopic (exact) mass is 286 g/mol. The molecule has 5 heteroatoms. The molecule has 110 valence electrons. The van der Waals surface area contributed by atoms with E-state index < -0.39 is 11.4 Å². The summed E-state index contributed by atoms with van der Waals surface area (Å²) in [7, 11) is 3.14. The van der Waals surface area contributed by atoms with Crippen molar-refractivity contribution < 1.29 is 14.3 Å². The summed E-state index contributed by atoms with van der Waals surface area (Å²) in [5.74, 6) is 0.735. The largest absolute Gasteiger partial charge is 0.497 e. The van der Waals surface area contributed by atoms with Crippen LogP contribution in [0.2, 0.25) is 0 Å². The van der Waals surface area contributed by atoms with E-state index in [0.717, 1.165) is 0 Å². The third-order valence-electron chi connectivity index (χ3n) is 3.48. The van der Waals surface area contributed by atoms with E-state index in [-0.39, 0.29) is 0 Å². The third-order valence-corrected chi connectivity index (χ3v) is 3.48. The minimum absolute atomic E-state index is 0.598. The van der Waals surface area contributed by atoms with Gasteiger partial charge in [0.05, 0.1) is 14.2 Å². The summed E-state index contributed by atoms with van der Waals surface area (Å²) >= 11 is 0. The van der Waals surface area contributed by atoms with Crippen LogP contribution >= 0.6 is 0 Å². The van der Waals surface area contributed by atoms with Gasteiger partial charge in [0, 0.05) is 0 Å². The molecule has 0 aliphatic carbocycles. The average molecular weight is 286 g/mol. The fourth-order valence-electron chi connectivity index (χ4n) is 2.16. The van der Waals surface area contributed by atoms with Gasteiger partial charge < -0.3 is 20.9 Å². The Bertz CT molecular complexity index is 573. The first-order valence-electron chi connectivity index (χ1n) is 6.40. The summed E-state index contributed by atoms with van der Waals surface area (Å²) in [5, 5.41) is 0. The van der Waals surface area contributed by atoms with E-state index >= 15 is 0 Å². The van der Waals surface area contributed by atoms with Crippen LogP contribution in [0.5, 0.6) is 11.5 Å². The van der Waals surface area contributed by atoms with Crippen LogP contribution in [0.3, 0.4) is 0 Å². The zero-order valence-electron chi connectivity index (χ0n) is 12.0. The fourth-order valence-corrected chi connectivity index (χ4v) is 2.16. The van der Waals surface area contributed by atoms with Crippen molar-refractivity contribution in [3.63, 3.8) is 0 Å². The summed E-state index contributed by atoms with van der Waals surface area (Å²) in [6.07, 6.45) is 0. The standard InChI is InChI=1S/C16H18N2O3/c1-20-13-7-3-11(4-8-13)16(18,15(17)19)12-5-9-14(21-2)10-6-12/h3-10H,18H2,1-2H3,(H2,17,19). The summed E-state index contributed by atoms with van der Waals surface area (Å²) < 4.78 is 10.2. The number of rotatable bonds is 5. The lowest BCUT2D eigenvalue weighted by atomic mass is 9.83. The maximum Gasteiger partial charge on any atom is 0.246 e. The van der Waals surface area contributed by atoms with E-state index in [1.807, 2.05) is 0 Å². The third kappa shape index (κ3) is 2.68. The van der Waals surface area contributed by atoms with Crippen LogP contribution in [0.4, 0.5) is 0 Å². The number of carbonyl (C=O) groups is 1. The van der Waals surface area contributed by atoms with E-state index in [2.05, 4.69) is 0 Å². The average Bonchev–Trinajstić information content (AvgIpc) is 2.54. The van der Waals surface area contributed by atoms with Crippen molar-refractivity contribution in [1.82, 2.24) is 0 Å². The van der Waals surface area contributed by atoms with E-state index in [1.54, 1.807) is 62.8 Å². The Labute approximate surface area is 123 Å². The Hall–Kier alpha value is -2.53. The minimum Gasteiger partial charge on any atom is -0.497 e. The van der Waals surface area contributed by atoms with Gasteiger partial charge in [-0.1, -0.05) is 24.3 Å². The SMILES string of the molecule is COc1ccc(C(N)(C(N)=O)c2ccc(OC)cc2)cc1. The number of primary amides is 1. The Kier molecular flexibility index (Phi) is 4.14. The predicted molar refractivity (Wildman–Crippen MR) is 80.1 cm³/mol. The van der Waals surface area contributed by atoms with Crippen LogP contribution < -0.4 is 20.9 Å². The normalized spacial score (nSPS) is 11.0. The minimum atomic E-state index is -1.40. The van der Waals surface area contributed by atoms with Gasteiger partial charge in [-0.05, 0) is 35.4 Å². The molecular formula is C16H18N2O3. The highest BCUT2D eigenvalue weighted by atomic mass is 16.5. The molecular weight excluding hydrogens is 268 g/mol. The van der Waals surface area contributed by atoms with Gasteiger partial charge in [-0.15, -0.1) is 0 Å². The van der Waals surface area contributed by atoms with Gasteiger partial charge in [-0.3, -0.25) is 4.79 Å². The Morgan fingerprint density at radius 1 is 0.857 bits per heavy atom. The molecule has 0 radical (unpaired) electrons. The van der Waals surface area contributed by atoms with Crippen molar-refractivity contribution >= 4 is 5.91 Å². The molecule has 0 heterocycles. The molecule has 0 unspecified atom stereocenters. The summed E-state index contributed by atoms with van der Waals surface area (Å²) in [6, 6.07) is 13.9. The zero-order valence-corrected chi connectivity index (χ0v) is 12.0. The number of methoxy groups -OCH3 is 2. The molecule has 0 spiro atoms. The van der Waals surface area contributed by atoms with Crippen LogP contribution in [0.25, 0.3) is 0 Å². The van der Waals surface area contributed by atoms with Gasteiger partial charge in [0.25, 0.3) is 0 Å². The number of nitrogens with two attached hydrogens (primary N) is 2. The van der Waals surface area contributed by atoms with E-state index in [0.29, 0.717) is 22.6 Å². The van der Waals surface area contributed by atoms with Crippen LogP contribution in [0, 0.1) is 0 Å². The second kappa shape index (κ2) is 5.85. The maximum absolute atomic E-state index is 12.0. The highest BCUT2D eigenvalue weighted by Gasteiger charge is 2.36. The Morgan fingerprint density at radius 3 is 1.43 bits per heavy atom. The molecule has 0 saturated carbocycles. The molecule has 21 heavy (non-hydrogen) atoms. The lowest BCUT2D eigenvalue weighted by molar-refractivity contribution is -0.122. The first-order valence-corrected chi connectivity index (χ1v) is 6.40. The van der Waals surface area contributed by atoms with Gasteiger partial charge in [0.1, 0.15) is 17.0 Å². The topological polar surface area (TPSA) is 87.6 Å². The van der Waals surface area contributed by atoms with Crippen molar-refractivity contribution in [1.29, 1.82) is 0 Å². The summed E-state index contributed by atoms with van der Waals surface area (Å²) in [4.78, 5) is 12.0. The smallest absolute Gasteiger partial charge is 0.246 e. The summed E-state index contributed by atoms with van der Waals surface area (Å²) in [6.45, 7) is 0. The molecule has 0 aromatic heterocycles. The second-order valence-electron chi connectivity index (χ2n) is 4.63. The quantitative estimate of drug-likeness (QED) is 0.869. The first kappa shape index (κ1) is 14.9.